The molecule has 1 aromatic rings. The van der Waals surface area contributed by atoms with Gasteiger partial charge in [-0.3, -0.25) is 4.79 Å². The number of nitrogens with one attached hydrogen (secondary N) is 1. The van der Waals surface area contributed by atoms with Gasteiger partial charge in [0.05, 0.1) is 5.69 Å². The second-order valence-electron chi connectivity index (χ2n) is 3.07. The Hall–Kier alpha value is -1.61. The van der Waals surface area contributed by atoms with E-state index in [2.05, 4.69) is 26.2 Å². The van der Waals surface area contributed by atoms with Gasteiger partial charge in [-0.1, -0.05) is 0 Å². The Labute approximate surface area is 101 Å². The van der Waals surface area contributed by atoms with Crippen molar-refractivity contribution >= 4 is 27.6 Å². The maximum atomic E-state index is 10.3. The van der Waals surface area contributed by atoms with E-state index in [0.717, 1.165) is 5.69 Å². The zero-order valence-electron chi connectivity index (χ0n) is 8.40. The van der Waals surface area contributed by atoms with Crippen molar-refractivity contribution in [1.82, 2.24) is 4.98 Å². The minimum Gasteiger partial charge on any atom is -0.481 e. The van der Waals surface area contributed by atoms with Gasteiger partial charge in [-0.25, -0.2) is 4.98 Å². The summed E-state index contributed by atoms with van der Waals surface area (Å²) in [5.41, 5.74) is 1.09. The number of aliphatic carboxylic acids is 1. The first-order chi connectivity index (χ1) is 7.63. The van der Waals surface area contributed by atoms with Gasteiger partial charge in [0.15, 0.2) is 0 Å². The topological polar surface area (TPSA) is 86.0 Å². The van der Waals surface area contributed by atoms with Gasteiger partial charge in [0.1, 0.15) is 16.4 Å². The molecule has 0 atom stereocenters. The number of aromatic nitrogens is 1. The highest BCUT2D eigenvalue weighted by Crippen LogP contribution is 2.19. The van der Waals surface area contributed by atoms with E-state index < -0.39 is 5.97 Å². The highest BCUT2D eigenvalue weighted by Gasteiger charge is 2.02. The van der Waals surface area contributed by atoms with Crippen LogP contribution in [0.15, 0.2) is 16.7 Å². The largest absolute Gasteiger partial charge is 0.481 e. The van der Waals surface area contributed by atoms with Crippen LogP contribution < -0.4 is 5.32 Å². The molecular weight excluding hydrogens is 274 g/mol. The van der Waals surface area contributed by atoms with Crippen molar-refractivity contribution in [3.8, 4) is 6.07 Å². The Kier molecular flexibility index (Phi) is 4.73. The first kappa shape index (κ1) is 12.5. The van der Waals surface area contributed by atoms with Crippen LogP contribution in [0.5, 0.6) is 0 Å². The lowest BCUT2D eigenvalue weighted by molar-refractivity contribution is -0.137. The fraction of sp³-hybridized carbons (Fsp3) is 0.300. The van der Waals surface area contributed by atoms with Crippen molar-refractivity contribution in [1.29, 1.82) is 5.26 Å². The fourth-order valence-corrected chi connectivity index (χ4v) is 1.55. The summed E-state index contributed by atoms with van der Waals surface area (Å²) < 4.78 is 0.557. The van der Waals surface area contributed by atoms with Gasteiger partial charge in [0.2, 0.25) is 0 Å². The third kappa shape index (κ3) is 3.87. The fourth-order valence-electron chi connectivity index (χ4n) is 1.09. The highest BCUT2D eigenvalue weighted by molar-refractivity contribution is 9.10. The number of carboxylic acids is 1. The van der Waals surface area contributed by atoms with Crippen LogP contribution in [0.4, 0.5) is 5.69 Å². The van der Waals surface area contributed by atoms with Gasteiger partial charge in [0.25, 0.3) is 0 Å². The normalized spacial score (nSPS) is 9.50. The van der Waals surface area contributed by atoms with E-state index in [1.54, 1.807) is 12.1 Å². The third-order valence-electron chi connectivity index (χ3n) is 1.85. The summed E-state index contributed by atoms with van der Waals surface area (Å²) in [4.78, 5) is 14.3. The lowest BCUT2D eigenvalue weighted by Gasteiger charge is -2.06. The molecule has 1 heterocycles. The van der Waals surface area contributed by atoms with Crippen molar-refractivity contribution in [2.24, 2.45) is 0 Å². The molecular formula is C10H10BrN3O2. The predicted molar refractivity (Wildman–Crippen MR) is 62.0 cm³/mol. The van der Waals surface area contributed by atoms with Gasteiger partial charge in [-0.05, 0) is 34.5 Å². The predicted octanol–water partition coefficient (Wildman–Crippen LogP) is 1.99. The molecule has 0 aliphatic rings. The Morgan fingerprint density at radius 1 is 1.62 bits per heavy atom. The molecule has 0 spiro atoms. The number of nitriles is 1. The zero-order valence-corrected chi connectivity index (χ0v) is 9.99. The lowest BCUT2D eigenvalue weighted by Crippen LogP contribution is -2.05. The van der Waals surface area contributed by atoms with E-state index in [4.69, 9.17) is 10.4 Å². The molecule has 0 unspecified atom stereocenters. The van der Waals surface area contributed by atoms with Gasteiger partial charge in [0, 0.05) is 13.0 Å². The number of anilines is 1. The van der Waals surface area contributed by atoms with Gasteiger partial charge < -0.3 is 10.4 Å². The van der Waals surface area contributed by atoms with Crippen LogP contribution in [-0.4, -0.2) is 22.6 Å². The van der Waals surface area contributed by atoms with Crippen LogP contribution >= 0.6 is 15.9 Å². The summed E-state index contributed by atoms with van der Waals surface area (Å²) >= 11 is 3.23. The van der Waals surface area contributed by atoms with Crippen LogP contribution in [0.2, 0.25) is 0 Å². The van der Waals surface area contributed by atoms with Crippen molar-refractivity contribution in [2.45, 2.75) is 12.8 Å². The third-order valence-corrected chi connectivity index (χ3v) is 2.45. The van der Waals surface area contributed by atoms with Crippen LogP contribution in [0.1, 0.15) is 18.5 Å². The second kappa shape index (κ2) is 6.08. The van der Waals surface area contributed by atoms with E-state index in [1.807, 2.05) is 6.07 Å². The van der Waals surface area contributed by atoms with Crippen molar-refractivity contribution in [3.63, 3.8) is 0 Å². The Bertz CT molecular complexity index is 429. The molecule has 0 radical (unpaired) electrons. The SMILES string of the molecule is N#Cc1ccc(NCCCC(=O)O)c(Br)n1. The Balaban J connectivity index is 2.49. The van der Waals surface area contributed by atoms with E-state index in [9.17, 15) is 4.79 Å². The van der Waals surface area contributed by atoms with E-state index >= 15 is 0 Å². The number of hydrogen-bond donors (Lipinski definition) is 2. The molecule has 0 fully saturated rings. The summed E-state index contributed by atoms with van der Waals surface area (Å²) in [5, 5.41) is 20.1. The molecule has 0 aliphatic carbocycles. The molecule has 0 saturated carbocycles. The average Bonchev–Trinajstić information content (AvgIpc) is 2.25. The summed E-state index contributed by atoms with van der Waals surface area (Å²) in [6.45, 7) is 0.554. The van der Waals surface area contributed by atoms with Gasteiger partial charge in [-0.2, -0.15) is 5.26 Å². The summed E-state index contributed by atoms with van der Waals surface area (Å²) in [5.74, 6) is -0.807. The van der Waals surface area contributed by atoms with E-state index in [-0.39, 0.29) is 6.42 Å². The van der Waals surface area contributed by atoms with Crippen LogP contribution in [-0.2, 0) is 4.79 Å². The van der Waals surface area contributed by atoms with Crippen LogP contribution in [0.25, 0.3) is 0 Å². The molecule has 0 saturated heterocycles. The summed E-state index contributed by atoms with van der Waals surface area (Å²) in [6, 6.07) is 5.26. The van der Waals surface area contributed by atoms with Crippen molar-refractivity contribution < 1.29 is 9.90 Å². The standard InChI is InChI=1S/C10H10BrN3O2/c11-10-8(4-3-7(6-12)14-10)13-5-1-2-9(15)16/h3-4,13H,1-2,5H2,(H,15,16). The first-order valence-corrected chi connectivity index (χ1v) is 5.45. The van der Waals surface area contributed by atoms with E-state index in [0.29, 0.717) is 23.3 Å². The minimum absolute atomic E-state index is 0.133. The number of carboxylic acid groups (broad SMARTS) is 1. The maximum absolute atomic E-state index is 10.3. The Morgan fingerprint density at radius 3 is 2.94 bits per heavy atom. The molecule has 0 aliphatic heterocycles. The van der Waals surface area contributed by atoms with Crippen molar-refractivity contribution in [2.75, 3.05) is 11.9 Å². The molecule has 1 rings (SSSR count). The second-order valence-corrected chi connectivity index (χ2v) is 3.82. The van der Waals surface area contributed by atoms with E-state index in [1.165, 1.54) is 0 Å². The monoisotopic (exact) mass is 283 g/mol. The van der Waals surface area contributed by atoms with Gasteiger partial charge in [-0.15, -0.1) is 0 Å². The number of rotatable bonds is 5. The summed E-state index contributed by atoms with van der Waals surface area (Å²) in [7, 11) is 0. The highest BCUT2D eigenvalue weighted by atomic mass is 79.9. The molecule has 1 aromatic heterocycles. The number of carbonyl (C=O) groups is 1. The molecule has 84 valence electrons. The molecule has 0 aromatic carbocycles. The average molecular weight is 284 g/mol. The van der Waals surface area contributed by atoms with Crippen LogP contribution in [0.3, 0.4) is 0 Å². The maximum Gasteiger partial charge on any atom is 0.303 e. The number of nitrogens with zero attached hydrogens (tertiary/aromatic N) is 2. The number of pyridine rings is 1. The van der Waals surface area contributed by atoms with Crippen LogP contribution in [0, 0.1) is 11.3 Å². The smallest absolute Gasteiger partial charge is 0.303 e. The molecule has 16 heavy (non-hydrogen) atoms. The van der Waals surface area contributed by atoms with Crippen molar-refractivity contribution in [3.05, 3.63) is 22.4 Å². The molecule has 5 nitrogen and oxygen atoms in total. The Morgan fingerprint density at radius 2 is 2.38 bits per heavy atom. The summed E-state index contributed by atoms with van der Waals surface area (Å²) in [6.07, 6.45) is 0.677. The minimum atomic E-state index is -0.807. The zero-order chi connectivity index (χ0) is 12.0. The lowest BCUT2D eigenvalue weighted by atomic mass is 10.3. The number of halogens is 1. The van der Waals surface area contributed by atoms with Gasteiger partial charge >= 0.3 is 5.97 Å². The molecule has 0 amide bonds. The number of hydrogen-bond acceptors (Lipinski definition) is 4. The molecule has 2 N–H and O–H groups in total. The molecule has 0 bridgehead atoms. The molecule has 6 heteroatoms. The first-order valence-electron chi connectivity index (χ1n) is 4.66. The quantitative estimate of drug-likeness (QED) is 0.638.